The average Bonchev–Trinajstić information content (AvgIpc) is 2.98. The van der Waals surface area contributed by atoms with Crippen molar-refractivity contribution in [3.05, 3.63) is 23.8 Å². The van der Waals surface area contributed by atoms with Crippen molar-refractivity contribution in [1.29, 1.82) is 0 Å². The maximum Gasteiger partial charge on any atom is 0.536 e. The molecular formula is C15H22O5Si. The fourth-order valence-corrected chi connectivity index (χ4v) is 5.03. The molecule has 2 aliphatic rings. The van der Waals surface area contributed by atoms with Gasteiger partial charge in [-0.1, -0.05) is 6.07 Å². The summed E-state index contributed by atoms with van der Waals surface area (Å²) in [6.07, 6.45) is 4.28. The second-order valence-corrected chi connectivity index (χ2v) is 8.41. The molecule has 6 heteroatoms. The van der Waals surface area contributed by atoms with Gasteiger partial charge in [-0.25, -0.2) is 0 Å². The Labute approximate surface area is 126 Å². The summed E-state index contributed by atoms with van der Waals surface area (Å²) in [6.45, 7) is 0.560. The van der Waals surface area contributed by atoms with Gasteiger partial charge in [0.1, 0.15) is 5.75 Å². The zero-order valence-corrected chi connectivity index (χ0v) is 13.8. The molecule has 3 rings (SSSR count). The van der Waals surface area contributed by atoms with Crippen LogP contribution in [0, 0.1) is 0 Å². The molecule has 1 fully saturated rings. The molecular weight excluding hydrogens is 288 g/mol. The number of ether oxygens (including phenoxy) is 2. The normalized spacial score (nSPS) is 20.3. The predicted octanol–water partition coefficient (Wildman–Crippen LogP) is 1.95. The predicted molar refractivity (Wildman–Crippen MR) is 79.5 cm³/mol. The van der Waals surface area contributed by atoms with Gasteiger partial charge in [0, 0.05) is 44.9 Å². The Hall–Kier alpha value is -0.923. The molecule has 1 heterocycles. The molecule has 0 amide bonds. The van der Waals surface area contributed by atoms with Crippen LogP contribution in [0.2, 0.25) is 0 Å². The summed E-state index contributed by atoms with van der Waals surface area (Å²) in [5.74, 6) is 0.505. The Morgan fingerprint density at radius 2 is 1.71 bits per heavy atom. The quantitative estimate of drug-likeness (QED) is 0.796. The van der Waals surface area contributed by atoms with Crippen LogP contribution in [-0.2, 0) is 24.6 Å². The first-order valence-corrected chi connectivity index (χ1v) is 9.01. The molecule has 0 bridgehead atoms. The molecule has 0 aromatic heterocycles. The summed E-state index contributed by atoms with van der Waals surface area (Å²) in [4.78, 5) is 0. The number of rotatable bonds is 4. The van der Waals surface area contributed by atoms with Gasteiger partial charge in [0.05, 0.1) is 6.61 Å². The molecule has 5 nitrogen and oxygen atoms in total. The van der Waals surface area contributed by atoms with Crippen LogP contribution in [0.5, 0.6) is 5.75 Å². The van der Waals surface area contributed by atoms with Crippen molar-refractivity contribution < 1.29 is 22.8 Å². The highest BCUT2D eigenvalue weighted by Gasteiger charge is 2.44. The van der Waals surface area contributed by atoms with Crippen molar-refractivity contribution in [2.24, 2.45) is 0 Å². The highest BCUT2D eigenvalue weighted by molar-refractivity contribution is 6.75. The molecule has 116 valence electrons. The monoisotopic (exact) mass is 310 g/mol. The third-order valence-electron chi connectivity index (χ3n) is 4.37. The van der Waals surface area contributed by atoms with Crippen LogP contribution in [0.15, 0.2) is 18.2 Å². The first-order valence-electron chi connectivity index (χ1n) is 7.29. The molecule has 1 saturated carbocycles. The largest absolute Gasteiger partial charge is 0.536 e. The smallest absolute Gasteiger partial charge is 0.462 e. The zero-order valence-electron chi connectivity index (χ0n) is 12.8. The van der Waals surface area contributed by atoms with E-state index in [1.807, 2.05) is 18.2 Å². The Balaban J connectivity index is 1.89. The van der Waals surface area contributed by atoms with Crippen LogP contribution in [0.1, 0.15) is 31.2 Å². The molecule has 1 spiro atoms. The molecule has 0 radical (unpaired) electrons. The minimum absolute atomic E-state index is 0.396. The number of hydrogen-bond donors (Lipinski definition) is 0. The van der Waals surface area contributed by atoms with Crippen molar-refractivity contribution in [3.8, 4) is 5.75 Å². The van der Waals surface area contributed by atoms with E-state index in [1.165, 1.54) is 12.8 Å². The molecule has 0 N–H and O–H groups in total. The lowest BCUT2D eigenvalue weighted by Crippen LogP contribution is -2.55. The summed E-state index contributed by atoms with van der Waals surface area (Å²) >= 11 is 0. The molecule has 1 aliphatic heterocycles. The van der Waals surface area contributed by atoms with Gasteiger partial charge in [-0.3, -0.25) is 0 Å². The van der Waals surface area contributed by atoms with Gasteiger partial charge >= 0.3 is 8.80 Å². The van der Waals surface area contributed by atoms with Gasteiger partial charge in [0.25, 0.3) is 0 Å². The topological polar surface area (TPSA) is 46.2 Å². The minimum atomic E-state index is -2.80. The first-order chi connectivity index (χ1) is 10.2. The third-order valence-corrected chi connectivity index (χ3v) is 7.00. The fourth-order valence-electron chi connectivity index (χ4n) is 3.19. The Morgan fingerprint density at radius 3 is 2.33 bits per heavy atom. The van der Waals surface area contributed by atoms with E-state index < -0.39 is 14.6 Å². The maximum atomic E-state index is 6.12. The van der Waals surface area contributed by atoms with Crippen LogP contribution >= 0.6 is 0 Å². The van der Waals surface area contributed by atoms with E-state index in [2.05, 4.69) is 0 Å². The molecule has 1 aromatic rings. The molecule has 1 aliphatic carbocycles. The second kappa shape index (κ2) is 5.70. The van der Waals surface area contributed by atoms with E-state index >= 15 is 0 Å². The summed E-state index contributed by atoms with van der Waals surface area (Å²) in [5.41, 5.74) is 1.02. The van der Waals surface area contributed by atoms with Gasteiger partial charge in [-0.05, 0) is 25.0 Å². The lowest BCUT2D eigenvalue weighted by molar-refractivity contribution is -0.200. The van der Waals surface area contributed by atoms with Crippen molar-refractivity contribution in [1.82, 2.24) is 0 Å². The van der Waals surface area contributed by atoms with Crippen LogP contribution in [-0.4, -0.2) is 35.9 Å². The van der Waals surface area contributed by atoms with E-state index in [0.717, 1.165) is 29.3 Å². The molecule has 21 heavy (non-hydrogen) atoms. The molecule has 0 atom stereocenters. The van der Waals surface area contributed by atoms with Crippen LogP contribution in [0.4, 0.5) is 0 Å². The number of hydrogen-bond acceptors (Lipinski definition) is 5. The van der Waals surface area contributed by atoms with Crippen LogP contribution in [0.3, 0.4) is 0 Å². The van der Waals surface area contributed by atoms with Gasteiger partial charge in [0.15, 0.2) is 0 Å². The summed E-state index contributed by atoms with van der Waals surface area (Å²) in [6, 6.07) is 5.96. The van der Waals surface area contributed by atoms with Crippen molar-refractivity contribution >= 4 is 14.0 Å². The lowest BCUT2D eigenvalue weighted by Gasteiger charge is -2.36. The average molecular weight is 310 g/mol. The zero-order chi connectivity index (χ0) is 14.9. The van der Waals surface area contributed by atoms with Crippen molar-refractivity contribution in [2.45, 2.75) is 38.1 Å². The molecule has 1 aromatic carbocycles. The Morgan fingerprint density at radius 1 is 1.05 bits per heavy atom. The number of fused-ring (bicyclic) bond motifs is 1. The summed E-state index contributed by atoms with van der Waals surface area (Å²) in [7, 11) is 2.03. The van der Waals surface area contributed by atoms with E-state index in [1.54, 1.807) is 21.3 Å². The first kappa shape index (κ1) is 15.0. The minimum Gasteiger partial charge on any atom is -0.462 e. The molecule has 0 unspecified atom stereocenters. The highest BCUT2D eigenvalue weighted by atomic mass is 28.4. The Kier molecular flexibility index (Phi) is 4.07. The van der Waals surface area contributed by atoms with Gasteiger partial charge in [0.2, 0.25) is 5.79 Å². The SMILES string of the molecule is CO[Si](OC)(OC)c1ccc2c(c1)COC1(CCCC1)O2. The van der Waals surface area contributed by atoms with E-state index in [0.29, 0.717) is 6.61 Å². The third kappa shape index (κ3) is 2.51. The van der Waals surface area contributed by atoms with E-state index in [-0.39, 0.29) is 0 Å². The lowest BCUT2D eigenvalue weighted by atomic mass is 10.1. The molecule has 0 saturated heterocycles. The van der Waals surface area contributed by atoms with Crippen LogP contribution in [0.25, 0.3) is 0 Å². The van der Waals surface area contributed by atoms with Crippen LogP contribution < -0.4 is 9.92 Å². The summed E-state index contributed by atoms with van der Waals surface area (Å²) in [5, 5.41) is 0.920. The standard InChI is InChI=1S/C15H22O5Si/c1-16-21(17-2,18-3)13-6-7-14-12(10-13)11-19-15(20-14)8-4-5-9-15/h6-7,10H,4-5,8-9,11H2,1-3H3. The Bertz CT molecular complexity index is 501. The van der Waals surface area contributed by atoms with Gasteiger partial charge < -0.3 is 22.8 Å². The number of benzene rings is 1. The van der Waals surface area contributed by atoms with E-state index in [4.69, 9.17) is 22.8 Å². The van der Waals surface area contributed by atoms with Gasteiger partial charge in [-0.15, -0.1) is 0 Å². The van der Waals surface area contributed by atoms with Crippen molar-refractivity contribution in [3.63, 3.8) is 0 Å². The second-order valence-electron chi connectivity index (χ2n) is 5.50. The maximum absolute atomic E-state index is 6.12. The highest BCUT2D eigenvalue weighted by Crippen LogP contribution is 2.40. The fraction of sp³-hybridized carbons (Fsp3) is 0.600. The van der Waals surface area contributed by atoms with E-state index in [9.17, 15) is 0 Å². The van der Waals surface area contributed by atoms with Crippen molar-refractivity contribution in [2.75, 3.05) is 21.3 Å². The van der Waals surface area contributed by atoms with Gasteiger partial charge in [-0.2, -0.15) is 0 Å². The summed E-state index contributed by atoms with van der Waals surface area (Å²) < 4.78 is 28.7.